The Morgan fingerprint density at radius 2 is 2.13 bits per heavy atom. The molecule has 0 aliphatic heterocycles. The van der Waals surface area contributed by atoms with Gasteiger partial charge in [-0.25, -0.2) is 0 Å². The van der Waals surface area contributed by atoms with Gasteiger partial charge >= 0.3 is 12.1 Å². The summed E-state index contributed by atoms with van der Waals surface area (Å²) in [7, 11) is 0. The summed E-state index contributed by atoms with van der Waals surface area (Å²) >= 11 is 0. The van der Waals surface area contributed by atoms with Gasteiger partial charge in [-0.1, -0.05) is 0 Å². The molecule has 0 aliphatic carbocycles. The van der Waals surface area contributed by atoms with Crippen molar-refractivity contribution in [1.29, 1.82) is 0 Å². The maximum atomic E-state index is 12.4. The highest BCUT2D eigenvalue weighted by Crippen LogP contribution is 2.31. The summed E-state index contributed by atoms with van der Waals surface area (Å²) in [5, 5.41) is 8.37. The first-order valence-corrected chi connectivity index (χ1v) is 4.13. The molecule has 15 heavy (non-hydrogen) atoms. The topological polar surface area (TPSA) is 50.2 Å². The van der Waals surface area contributed by atoms with Crippen LogP contribution < -0.4 is 0 Å². The number of aliphatic carboxylic acids is 1. The smallest absolute Gasteiger partial charge is 0.416 e. The average Bonchev–Trinajstić information content (AvgIpc) is 2.13. The number of halogens is 3. The van der Waals surface area contributed by atoms with Crippen molar-refractivity contribution in [2.75, 3.05) is 0 Å². The average molecular weight is 219 g/mol. The number of alkyl halides is 3. The number of carbonyl (C=O) groups is 1. The van der Waals surface area contributed by atoms with Gasteiger partial charge in [0.1, 0.15) is 0 Å². The molecule has 0 saturated carbocycles. The summed E-state index contributed by atoms with van der Waals surface area (Å²) in [5.74, 6) is -1.13. The van der Waals surface area contributed by atoms with Gasteiger partial charge in [0.25, 0.3) is 0 Å². The van der Waals surface area contributed by atoms with Crippen molar-refractivity contribution < 1.29 is 23.1 Å². The molecule has 0 saturated heterocycles. The number of carboxylic acid groups (broad SMARTS) is 1. The molecule has 82 valence electrons. The summed E-state index contributed by atoms with van der Waals surface area (Å²) in [6.45, 7) is 0. The summed E-state index contributed by atoms with van der Waals surface area (Å²) in [6.07, 6.45) is -2.89. The predicted octanol–water partition coefficient (Wildman–Crippen LogP) is 2.12. The van der Waals surface area contributed by atoms with Crippen molar-refractivity contribution in [3.05, 3.63) is 29.6 Å². The molecule has 0 spiro atoms. The third-order valence-corrected chi connectivity index (χ3v) is 1.82. The van der Waals surface area contributed by atoms with E-state index in [2.05, 4.69) is 4.98 Å². The SMILES string of the molecule is O=C(O)CCc1cnccc1C(F)(F)F. The van der Waals surface area contributed by atoms with E-state index < -0.39 is 17.7 Å². The van der Waals surface area contributed by atoms with Crippen LogP contribution in [0.5, 0.6) is 0 Å². The zero-order chi connectivity index (χ0) is 11.5. The normalized spacial score (nSPS) is 11.4. The van der Waals surface area contributed by atoms with Gasteiger partial charge in [0.15, 0.2) is 0 Å². The van der Waals surface area contributed by atoms with Crippen LogP contribution in [-0.2, 0) is 17.4 Å². The second-order valence-corrected chi connectivity index (χ2v) is 2.92. The molecule has 1 aromatic rings. The standard InChI is InChI=1S/C9H8F3NO2/c10-9(11,12)7-3-4-13-5-6(7)1-2-8(14)15/h3-5H,1-2H2,(H,14,15). The van der Waals surface area contributed by atoms with Crippen LogP contribution in [0, 0.1) is 0 Å². The van der Waals surface area contributed by atoms with Crippen LogP contribution in [-0.4, -0.2) is 16.1 Å². The summed E-state index contributed by atoms with van der Waals surface area (Å²) in [4.78, 5) is 13.8. The van der Waals surface area contributed by atoms with E-state index in [1.54, 1.807) is 0 Å². The molecule has 1 heterocycles. The molecule has 3 nitrogen and oxygen atoms in total. The van der Waals surface area contributed by atoms with Crippen molar-refractivity contribution >= 4 is 5.97 Å². The van der Waals surface area contributed by atoms with Gasteiger partial charge in [-0.2, -0.15) is 13.2 Å². The Morgan fingerprint density at radius 1 is 1.47 bits per heavy atom. The molecule has 0 atom stereocenters. The van der Waals surface area contributed by atoms with E-state index in [1.165, 1.54) is 0 Å². The molecule has 0 aromatic carbocycles. The number of rotatable bonds is 3. The van der Waals surface area contributed by atoms with Gasteiger partial charge in [0, 0.05) is 18.8 Å². The monoisotopic (exact) mass is 219 g/mol. The highest BCUT2D eigenvalue weighted by molar-refractivity contribution is 5.67. The molecule has 0 unspecified atom stereocenters. The highest BCUT2D eigenvalue weighted by Gasteiger charge is 2.33. The van der Waals surface area contributed by atoms with E-state index in [0.29, 0.717) is 0 Å². The molecule has 0 radical (unpaired) electrons. The van der Waals surface area contributed by atoms with Gasteiger partial charge in [-0.3, -0.25) is 9.78 Å². The zero-order valence-corrected chi connectivity index (χ0v) is 7.58. The Labute approximate surface area is 83.6 Å². The molecule has 1 rings (SSSR count). The number of nitrogens with zero attached hydrogens (tertiary/aromatic N) is 1. The molecule has 6 heteroatoms. The molecule has 0 aliphatic rings. The lowest BCUT2D eigenvalue weighted by atomic mass is 10.1. The molecule has 0 fully saturated rings. The fourth-order valence-electron chi connectivity index (χ4n) is 1.14. The highest BCUT2D eigenvalue weighted by atomic mass is 19.4. The molecule has 1 N–H and O–H groups in total. The second kappa shape index (κ2) is 4.29. The quantitative estimate of drug-likeness (QED) is 0.847. The van der Waals surface area contributed by atoms with Gasteiger partial charge < -0.3 is 5.11 Å². The second-order valence-electron chi connectivity index (χ2n) is 2.92. The summed E-state index contributed by atoms with van der Waals surface area (Å²) in [5.41, 5.74) is -0.911. The summed E-state index contributed by atoms with van der Waals surface area (Å²) < 4.78 is 37.2. The van der Waals surface area contributed by atoms with Crippen LogP contribution in [0.15, 0.2) is 18.5 Å². The van der Waals surface area contributed by atoms with E-state index in [9.17, 15) is 18.0 Å². The van der Waals surface area contributed by atoms with Crippen LogP contribution in [0.4, 0.5) is 13.2 Å². The number of hydrogen-bond donors (Lipinski definition) is 1. The van der Waals surface area contributed by atoms with Crippen molar-refractivity contribution in [2.24, 2.45) is 0 Å². The first-order valence-electron chi connectivity index (χ1n) is 4.13. The Morgan fingerprint density at radius 3 is 2.67 bits per heavy atom. The van der Waals surface area contributed by atoms with Crippen molar-refractivity contribution in [3.63, 3.8) is 0 Å². The molecule has 0 bridgehead atoms. The number of carboxylic acids is 1. The molecule has 0 amide bonds. The molecule has 1 aromatic heterocycles. The molecular formula is C9H8F3NO2. The van der Waals surface area contributed by atoms with E-state index in [1.807, 2.05) is 0 Å². The fraction of sp³-hybridized carbons (Fsp3) is 0.333. The lowest BCUT2D eigenvalue weighted by molar-refractivity contribution is -0.140. The van der Waals surface area contributed by atoms with Crippen LogP contribution in [0.25, 0.3) is 0 Å². The Balaban J connectivity index is 2.92. The van der Waals surface area contributed by atoms with Gasteiger partial charge in [0.2, 0.25) is 0 Å². The number of aryl methyl sites for hydroxylation is 1. The van der Waals surface area contributed by atoms with E-state index in [4.69, 9.17) is 5.11 Å². The maximum absolute atomic E-state index is 12.4. The van der Waals surface area contributed by atoms with Gasteiger partial charge in [-0.05, 0) is 18.1 Å². The Bertz CT molecular complexity index is 363. The maximum Gasteiger partial charge on any atom is 0.416 e. The summed E-state index contributed by atoms with van der Waals surface area (Å²) in [6, 6.07) is 0.844. The van der Waals surface area contributed by atoms with Crippen molar-refractivity contribution in [1.82, 2.24) is 4.98 Å². The van der Waals surface area contributed by atoms with Gasteiger partial charge in [-0.15, -0.1) is 0 Å². The van der Waals surface area contributed by atoms with Crippen LogP contribution in [0.2, 0.25) is 0 Å². The number of pyridine rings is 1. The lowest BCUT2D eigenvalue weighted by Crippen LogP contribution is -2.10. The Kier molecular flexibility index (Phi) is 3.28. The van der Waals surface area contributed by atoms with Crippen LogP contribution in [0.3, 0.4) is 0 Å². The van der Waals surface area contributed by atoms with Crippen LogP contribution in [0.1, 0.15) is 17.5 Å². The largest absolute Gasteiger partial charge is 0.481 e. The van der Waals surface area contributed by atoms with Crippen molar-refractivity contribution in [3.8, 4) is 0 Å². The van der Waals surface area contributed by atoms with Gasteiger partial charge in [0.05, 0.1) is 5.56 Å². The minimum atomic E-state index is -4.46. The predicted molar refractivity (Wildman–Crippen MR) is 45.2 cm³/mol. The minimum Gasteiger partial charge on any atom is -0.481 e. The van der Waals surface area contributed by atoms with E-state index in [-0.39, 0.29) is 18.4 Å². The van der Waals surface area contributed by atoms with E-state index >= 15 is 0 Å². The van der Waals surface area contributed by atoms with Crippen LogP contribution >= 0.6 is 0 Å². The zero-order valence-electron chi connectivity index (χ0n) is 7.58. The van der Waals surface area contributed by atoms with Crippen molar-refractivity contribution in [2.45, 2.75) is 19.0 Å². The third-order valence-electron chi connectivity index (χ3n) is 1.82. The number of aromatic nitrogens is 1. The first-order chi connectivity index (χ1) is 6.91. The fourth-order valence-corrected chi connectivity index (χ4v) is 1.14. The van der Waals surface area contributed by atoms with E-state index in [0.717, 1.165) is 18.5 Å². The Hall–Kier alpha value is -1.59. The number of hydrogen-bond acceptors (Lipinski definition) is 2. The minimum absolute atomic E-state index is 0.0904. The lowest BCUT2D eigenvalue weighted by Gasteiger charge is -2.10. The third kappa shape index (κ3) is 3.23. The first kappa shape index (κ1) is 11.5. The molecular weight excluding hydrogens is 211 g/mol.